The Kier molecular flexibility index (Phi) is 2.89. The molecule has 2 N–H and O–H groups in total. The van der Waals surface area contributed by atoms with Crippen molar-refractivity contribution < 1.29 is 0 Å². The number of hydrogen-bond acceptors (Lipinski definition) is 2. The van der Waals surface area contributed by atoms with Crippen LogP contribution in [0.3, 0.4) is 0 Å². The molecule has 2 aliphatic rings. The van der Waals surface area contributed by atoms with Gasteiger partial charge in [0.05, 0.1) is 0 Å². The van der Waals surface area contributed by atoms with Crippen LogP contribution in [0, 0.1) is 11.8 Å². The first-order valence-corrected chi connectivity index (χ1v) is 5.74. The average Bonchev–Trinajstić information content (AvgIpc) is 2.64. The van der Waals surface area contributed by atoms with Gasteiger partial charge in [0.1, 0.15) is 0 Å². The van der Waals surface area contributed by atoms with E-state index >= 15 is 0 Å². The quantitative estimate of drug-likeness (QED) is 0.689. The Bertz CT molecular complexity index is 163. The van der Waals surface area contributed by atoms with Crippen LogP contribution in [-0.2, 0) is 0 Å². The summed E-state index contributed by atoms with van der Waals surface area (Å²) in [5.74, 6) is 1.78. The minimum atomic E-state index is 0.711. The Balaban J connectivity index is 1.73. The normalized spacial score (nSPS) is 41.5. The van der Waals surface area contributed by atoms with E-state index in [-0.39, 0.29) is 0 Å². The van der Waals surface area contributed by atoms with Crippen molar-refractivity contribution in [1.82, 2.24) is 10.6 Å². The van der Waals surface area contributed by atoms with Crippen LogP contribution in [0.15, 0.2) is 0 Å². The number of rotatable bonds is 3. The van der Waals surface area contributed by atoms with Gasteiger partial charge in [-0.15, -0.1) is 0 Å². The van der Waals surface area contributed by atoms with Crippen molar-refractivity contribution in [2.24, 2.45) is 11.8 Å². The lowest BCUT2D eigenvalue weighted by molar-refractivity contribution is 0.195. The van der Waals surface area contributed by atoms with E-state index in [9.17, 15) is 0 Å². The Morgan fingerprint density at radius 3 is 2.62 bits per heavy atom. The third-order valence-electron chi connectivity index (χ3n) is 3.90. The summed E-state index contributed by atoms with van der Waals surface area (Å²) >= 11 is 0. The maximum absolute atomic E-state index is 3.77. The Morgan fingerprint density at radius 1 is 1.31 bits per heavy atom. The van der Waals surface area contributed by atoms with Crippen LogP contribution in [0.2, 0.25) is 0 Å². The van der Waals surface area contributed by atoms with Gasteiger partial charge in [0.2, 0.25) is 0 Å². The van der Waals surface area contributed by atoms with Gasteiger partial charge in [0.15, 0.2) is 0 Å². The SMILES string of the molecule is CC1CCC1NC(C)C1CCNC1. The fourth-order valence-corrected chi connectivity index (χ4v) is 2.49. The van der Waals surface area contributed by atoms with E-state index in [2.05, 4.69) is 24.5 Å². The van der Waals surface area contributed by atoms with E-state index in [0.29, 0.717) is 6.04 Å². The van der Waals surface area contributed by atoms with E-state index in [1.165, 1.54) is 32.4 Å². The molecular weight excluding hydrogens is 160 g/mol. The minimum absolute atomic E-state index is 0.711. The molecule has 0 aromatic heterocycles. The smallest absolute Gasteiger partial charge is 0.00954 e. The molecule has 2 heteroatoms. The van der Waals surface area contributed by atoms with E-state index in [1.54, 1.807) is 0 Å². The number of hydrogen-bond donors (Lipinski definition) is 2. The lowest BCUT2D eigenvalue weighted by Gasteiger charge is -2.38. The van der Waals surface area contributed by atoms with E-state index in [0.717, 1.165) is 17.9 Å². The number of nitrogens with one attached hydrogen (secondary N) is 2. The highest BCUT2D eigenvalue weighted by molar-refractivity contribution is 4.89. The molecule has 13 heavy (non-hydrogen) atoms. The molecule has 1 aliphatic carbocycles. The molecule has 76 valence electrons. The Labute approximate surface area is 81.5 Å². The van der Waals surface area contributed by atoms with Crippen LogP contribution in [0.1, 0.15) is 33.1 Å². The largest absolute Gasteiger partial charge is 0.316 e. The second-order valence-electron chi connectivity index (χ2n) is 4.87. The maximum atomic E-state index is 3.77. The summed E-state index contributed by atoms with van der Waals surface area (Å²) in [6.07, 6.45) is 4.17. The summed E-state index contributed by atoms with van der Waals surface area (Å²) in [5, 5.41) is 7.20. The summed E-state index contributed by atoms with van der Waals surface area (Å²) in [6.45, 7) is 7.15. The van der Waals surface area contributed by atoms with Crippen molar-refractivity contribution in [3.63, 3.8) is 0 Å². The molecule has 0 aromatic carbocycles. The molecule has 1 saturated heterocycles. The second kappa shape index (κ2) is 3.97. The monoisotopic (exact) mass is 182 g/mol. The maximum Gasteiger partial charge on any atom is 0.00954 e. The molecule has 1 heterocycles. The third-order valence-corrected chi connectivity index (χ3v) is 3.90. The molecular formula is C11H22N2. The van der Waals surface area contributed by atoms with Crippen LogP contribution >= 0.6 is 0 Å². The highest BCUT2D eigenvalue weighted by Gasteiger charge is 2.30. The Hall–Kier alpha value is -0.0800. The molecule has 2 nitrogen and oxygen atoms in total. The summed E-state index contributed by atoms with van der Waals surface area (Å²) in [5.41, 5.74) is 0. The molecule has 2 fully saturated rings. The lowest BCUT2D eigenvalue weighted by atomic mass is 9.80. The van der Waals surface area contributed by atoms with Gasteiger partial charge in [-0.05, 0) is 51.1 Å². The van der Waals surface area contributed by atoms with Crippen molar-refractivity contribution in [2.45, 2.75) is 45.2 Å². The van der Waals surface area contributed by atoms with Gasteiger partial charge >= 0.3 is 0 Å². The first kappa shape index (κ1) is 9.47. The zero-order chi connectivity index (χ0) is 9.26. The summed E-state index contributed by atoms with van der Waals surface area (Å²) in [4.78, 5) is 0. The molecule has 1 aliphatic heterocycles. The first-order chi connectivity index (χ1) is 6.27. The fraction of sp³-hybridized carbons (Fsp3) is 1.00. The highest BCUT2D eigenvalue weighted by Crippen LogP contribution is 2.27. The summed E-state index contributed by atoms with van der Waals surface area (Å²) < 4.78 is 0. The first-order valence-electron chi connectivity index (χ1n) is 5.74. The standard InChI is InChI=1S/C11H22N2/c1-8-3-4-11(8)13-9(2)10-5-6-12-7-10/h8-13H,3-7H2,1-2H3. The fourth-order valence-electron chi connectivity index (χ4n) is 2.49. The predicted octanol–water partition coefficient (Wildman–Crippen LogP) is 1.37. The average molecular weight is 182 g/mol. The molecule has 0 spiro atoms. The van der Waals surface area contributed by atoms with E-state index in [4.69, 9.17) is 0 Å². The summed E-state index contributed by atoms with van der Waals surface area (Å²) in [6, 6.07) is 1.53. The molecule has 2 rings (SSSR count). The zero-order valence-corrected chi connectivity index (χ0v) is 8.84. The molecule has 1 saturated carbocycles. The van der Waals surface area contributed by atoms with E-state index in [1.807, 2.05) is 0 Å². The molecule has 0 bridgehead atoms. The van der Waals surface area contributed by atoms with Gasteiger partial charge in [-0.2, -0.15) is 0 Å². The topological polar surface area (TPSA) is 24.1 Å². The van der Waals surface area contributed by atoms with Crippen LogP contribution in [0.25, 0.3) is 0 Å². The highest BCUT2D eigenvalue weighted by atomic mass is 15.0. The van der Waals surface area contributed by atoms with Crippen LogP contribution in [0.4, 0.5) is 0 Å². The lowest BCUT2D eigenvalue weighted by Crippen LogP contribution is -2.49. The Morgan fingerprint density at radius 2 is 2.15 bits per heavy atom. The third kappa shape index (κ3) is 2.05. The van der Waals surface area contributed by atoms with Gasteiger partial charge in [-0.3, -0.25) is 0 Å². The zero-order valence-electron chi connectivity index (χ0n) is 8.84. The van der Waals surface area contributed by atoms with Crippen LogP contribution in [0.5, 0.6) is 0 Å². The van der Waals surface area contributed by atoms with Gasteiger partial charge in [-0.1, -0.05) is 6.92 Å². The van der Waals surface area contributed by atoms with Gasteiger partial charge in [-0.25, -0.2) is 0 Å². The second-order valence-corrected chi connectivity index (χ2v) is 4.87. The van der Waals surface area contributed by atoms with Crippen molar-refractivity contribution in [2.75, 3.05) is 13.1 Å². The predicted molar refractivity (Wildman–Crippen MR) is 55.8 cm³/mol. The van der Waals surface area contributed by atoms with Crippen molar-refractivity contribution in [3.05, 3.63) is 0 Å². The van der Waals surface area contributed by atoms with Crippen LogP contribution in [-0.4, -0.2) is 25.2 Å². The molecule has 0 radical (unpaired) electrons. The molecule has 0 amide bonds. The van der Waals surface area contributed by atoms with Gasteiger partial charge < -0.3 is 10.6 Å². The molecule has 0 aromatic rings. The summed E-state index contributed by atoms with van der Waals surface area (Å²) in [7, 11) is 0. The van der Waals surface area contributed by atoms with Gasteiger partial charge in [0, 0.05) is 12.1 Å². The van der Waals surface area contributed by atoms with Gasteiger partial charge in [0.25, 0.3) is 0 Å². The van der Waals surface area contributed by atoms with Crippen LogP contribution < -0.4 is 10.6 Å². The van der Waals surface area contributed by atoms with Crippen molar-refractivity contribution in [3.8, 4) is 0 Å². The van der Waals surface area contributed by atoms with Crippen molar-refractivity contribution >= 4 is 0 Å². The van der Waals surface area contributed by atoms with Crippen molar-refractivity contribution in [1.29, 1.82) is 0 Å². The van der Waals surface area contributed by atoms with E-state index < -0.39 is 0 Å². The minimum Gasteiger partial charge on any atom is -0.316 e. The molecule has 4 unspecified atom stereocenters. The molecule has 4 atom stereocenters.